The third-order valence-corrected chi connectivity index (χ3v) is 3.63. The lowest BCUT2D eigenvalue weighted by Gasteiger charge is -2.03. The Balaban J connectivity index is 1.95. The van der Waals surface area contributed by atoms with Crippen LogP contribution in [0.1, 0.15) is 40.6 Å². The van der Waals surface area contributed by atoms with Crippen molar-refractivity contribution in [2.45, 2.75) is 26.4 Å². The van der Waals surface area contributed by atoms with Gasteiger partial charge in [-0.3, -0.25) is 0 Å². The Hall–Kier alpha value is -1.61. The Morgan fingerprint density at radius 3 is 2.61 bits per heavy atom. The van der Waals surface area contributed by atoms with Gasteiger partial charge in [0.1, 0.15) is 11.5 Å². The fourth-order valence-corrected chi connectivity index (χ4v) is 2.52. The molecule has 0 radical (unpaired) electrons. The van der Waals surface area contributed by atoms with Gasteiger partial charge in [0.2, 0.25) is 0 Å². The van der Waals surface area contributed by atoms with E-state index in [1.54, 1.807) is 0 Å². The molecule has 0 amide bonds. The summed E-state index contributed by atoms with van der Waals surface area (Å²) in [4.78, 5) is 12.5. The number of rotatable bonds is 4. The maximum atomic E-state index is 11.8. The number of hydrogen-bond donors (Lipinski definition) is 0. The summed E-state index contributed by atoms with van der Waals surface area (Å²) in [7, 11) is 0. The van der Waals surface area contributed by atoms with Gasteiger partial charge in [0.25, 0.3) is 0 Å². The second-order valence-electron chi connectivity index (χ2n) is 4.46. The largest absolute Gasteiger partial charge is 0.457 e. The van der Waals surface area contributed by atoms with E-state index in [2.05, 4.69) is 13.8 Å². The van der Waals surface area contributed by atoms with E-state index in [-0.39, 0.29) is 5.97 Å². The molecule has 1 aromatic carbocycles. The average molecular weight is 260 g/mol. The van der Waals surface area contributed by atoms with E-state index in [0.717, 1.165) is 5.56 Å². The molecule has 0 saturated carbocycles. The first-order valence-corrected chi connectivity index (χ1v) is 6.84. The predicted molar refractivity (Wildman–Crippen MR) is 74.0 cm³/mol. The van der Waals surface area contributed by atoms with Gasteiger partial charge >= 0.3 is 5.97 Å². The zero-order valence-electron chi connectivity index (χ0n) is 10.6. The van der Waals surface area contributed by atoms with Crippen molar-refractivity contribution in [1.82, 2.24) is 0 Å². The second-order valence-corrected chi connectivity index (χ2v) is 5.37. The summed E-state index contributed by atoms with van der Waals surface area (Å²) in [5.41, 5.74) is 2.19. The molecule has 18 heavy (non-hydrogen) atoms. The van der Waals surface area contributed by atoms with Crippen LogP contribution in [0.2, 0.25) is 0 Å². The molecule has 0 aliphatic carbocycles. The number of ether oxygens (including phenoxy) is 1. The van der Waals surface area contributed by atoms with Crippen molar-refractivity contribution in [1.29, 1.82) is 0 Å². The first-order valence-electron chi connectivity index (χ1n) is 5.96. The molecule has 2 aromatic rings. The Morgan fingerprint density at radius 2 is 2.00 bits per heavy atom. The molecule has 0 aliphatic heterocycles. The van der Waals surface area contributed by atoms with Crippen LogP contribution in [0.15, 0.2) is 41.8 Å². The molecule has 2 rings (SSSR count). The maximum absolute atomic E-state index is 11.8. The second kappa shape index (κ2) is 5.83. The van der Waals surface area contributed by atoms with Crippen LogP contribution < -0.4 is 0 Å². The van der Waals surface area contributed by atoms with Gasteiger partial charge in [-0.05, 0) is 28.5 Å². The number of hydrogen-bond acceptors (Lipinski definition) is 3. The first kappa shape index (κ1) is 12.8. The standard InChI is InChI=1S/C15H16O2S/c1-11(2)13-8-14(18-10-13)15(16)17-9-12-6-4-3-5-7-12/h3-8,10-11H,9H2,1-2H3. The van der Waals surface area contributed by atoms with Crippen molar-refractivity contribution < 1.29 is 9.53 Å². The topological polar surface area (TPSA) is 26.3 Å². The Bertz CT molecular complexity index is 514. The summed E-state index contributed by atoms with van der Waals surface area (Å²) in [6.07, 6.45) is 0. The zero-order valence-corrected chi connectivity index (χ0v) is 11.4. The minimum absolute atomic E-state index is 0.240. The molecular weight excluding hydrogens is 244 g/mol. The summed E-state index contributed by atoms with van der Waals surface area (Å²) in [6, 6.07) is 11.6. The van der Waals surface area contributed by atoms with Crippen molar-refractivity contribution in [3.63, 3.8) is 0 Å². The molecule has 0 atom stereocenters. The number of carbonyl (C=O) groups excluding carboxylic acids is 1. The Morgan fingerprint density at radius 1 is 1.28 bits per heavy atom. The average Bonchev–Trinajstić information content (AvgIpc) is 2.87. The SMILES string of the molecule is CC(C)c1csc(C(=O)OCc2ccccc2)c1. The molecular formula is C15H16O2S. The van der Waals surface area contributed by atoms with Gasteiger partial charge in [0, 0.05) is 0 Å². The van der Waals surface area contributed by atoms with E-state index >= 15 is 0 Å². The number of benzene rings is 1. The molecule has 1 heterocycles. The molecule has 1 aromatic heterocycles. The van der Waals surface area contributed by atoms with Crippen LogP contribution in [-0.4, -0.2) is 5.97 Å². The molecule has 0 fully saturated rings. The zero-order chi connectivity index (χ0) is 13.0. The lowest BCUT2D eigenvalue weighted by atomic mass is 10.1. The molecule has 0 bridgehead atoms. The van der Waals surface area contributed by atoms with Crippen LogP contribution in [0.4, 0.5) is 0 Å². The van der Waals surface area contributed by atoms with Crippen molar-refractivity contribution in [3.8, 4) is 0 Å². The molecule has 0 spiro atoms. The summed E-state index contributed by atoms with van der Waals surface area (Å²) in [5.74, 6) is 0.202. The summed E-state index contributed by atoms with van der Waals surface area (Å²) in [6.45, 7) is 4.55. The third-order valence-electron chi connectivity index (χ3n) is 2.70. The summed E-state index contributed by atoms with van der Waals surface area (Å²) < 4.78 is 5.28. The van der Waals surface area contributed by atoms with Crippen molar-refractivity contribution in [2.75, 3.05) is 0 Å². The van der Waals surface area contributed by atoms with Crippen LogP contribution in [0.5, 0.6) is 0 Å². The van der Waals surface area contributed by atoms with Crippen LogP contribution in [0.25, 0.3) is 0 Å². The molecule has 0 N–H and O–H groups in total. The molecule has 0 unspecified atom stereocenters. The molecule has 0 aliphatic rings. The maximum Gasteiger partial charge on any atom is 0.348 e. The highest BCUT2D eigenvalue weighted by molar-refractivity contribution is 7.12. The Kier molecular flexibility index (Phi) is 4.15. The van der Waals surface area contributed by atoms with E-state index < -0.39 is 0 Å². The third kappa shape index (κ3) is 3.20. The van der Waals surface area contributed by atoms with Crippen molar-refractivity contribution in [3.05, 3.63) is 57.8 Å². The van der Waals surface area contributed by atoms with Gasteiger partial charge in [0.15, 0.2) is 0 Å². The Labute approximate surface area is 111 Å². The lowest BCUT2D eigenvalue weighted by molar-refractivity contribution is 0.0478. The van der Waals surface area contributed by atoms with Crippen LogP contribution in [0, 0.1) is 0 Å². The number of carbonyl (C=O) groups is 1. The number of esters is 1. The van der Waals surface area contributed by atoms with Gasteiger partial charge in [-0.25, -0.2) is 4.79 Å². The monoisotopic (exact) mass is 260 g/mol. The van der Waals surface area contributed by atoms with Gasteiger partial charge in [-0.15, -0.1) is 11.3 Å². The number of thiophene rings is 1. The summed E-state index contributed by atoms with van der Waals surface area (Å²) >= 11 is 1.45. The van der Waals surface area contributed by atoms with E-state index in [1.807, 2.05) is 41.8 Å². The molecule has 2 nitrogen and oxygen atoms in total. The normalized spacial score (nSPS) is 10.6. The van der Waals surface area contributed by atoms with Crippen LogP contribution in [-0.2, 0) is 11.3 Å². The fraction of sp³-hybridized carbons (Fsp3) is 0.267. The molecule has 0 saturated heterocycles. The highest BCUT2D eigenvalue weighted by Crippen LogP contribution is 2.22. The first-order chi connectivity index (χ1) is 8.66. The minimum atomic E-state index is -0.240. The van der Waals surface area contributed by atoms with Crippen molar-refractivity contribution >= 4 is 17.3 Å². The lowest BCUT2D eigenvalue weighted by Crippen LogP contribution is -2.03. The minimum Gasteiger partial charge on any atom is -0.457 e. The van der Waals surface area contributed by atoms with Crippen LogP contribution >= 0.6 is 11.3 Å². The van der Waals surface area contributed by atoms with E-state index in [1.165, 1.54) is 16.9 Å². The highest BCUT2D eigenvalue weighted by atomic mass is 32.1. The van der Waals surface area contributed by atoms with Crippen LogP contribution in [0.3, 0.4) is 0 Å². The van der Waals surface area contributed by atoms with E-state index in [0.29, 0.717) is 17.4 Å². The molecule has 3 heteroatoms. The van der Waals surface area contributed by atoms with Gasteiger partial charge in [-0.1, -0.05) is 44.2 Å². The van der Waals surface area contributed by atoms with Gasteiger partial charge in [-0.2, -0.15) is 0 Å². The van der Waals surface area contributed by atoms with E-state index in [4.69, 9.17) is 4.74 Å². The van der Waals surface area contributed by atoms with E-state index in [9.17, 15) is 4.79 Å². The van der Waals surface area contributed by atoms with Gasteiger partial charge < -0.3 is 4.74 Å². The van der Waals surface area contributed by atoms with Crippen molar-refractivity contribution in [2.24, 2.45) is 0 Å². The predicted octanol–water partition coefficient (Wildman–Crippen LogP) is 4.23. The van der Waals surface area contributed by atoms with Gasteiger partial charge in [0.05, 0.1) is 0 Å². The summed E-state index contributed by atoms with van der Waals surface area (Å²) in [5, 5.41) is 2.02. The smallest absolute Gasteiger partial charge is 0.348 e. The fourth-order valence-electron chi connectivity index (χ4n) is 1.55. The quantitative estimate of drug-likeness (QED) is 0.769. The molecule has 94 valence electrons. The highest BCUT2D eigenvalue weighted by Gasteiger charge is 2.12.